The molecule has 0 saturated carbocycles. The van der Waals surface area contributed by atoms with E-state index in [-0.39, 0.29) is 0 Å². The maximum Gasteiger partial charge on any atom is 0.0947 e. The second-order valence-corrected chi connectivity index (χ2v) is 6.21. The van der Waals surface area contributed by atoms with Gasteiger partial charge in [-0.2, -0.15) is 0 Å². The van der Waals surface area contributed by atoms with Crippen molar-refractivity contribution in [2.75, 3.05) is 32.2 Å². The van der Waals surface area contributed by atoms with Crippen LogP contribution in [0.4, 0.5) is 5.69 Å². The van der Waals surface area contributed by atoms with Crippen molar-refractivity contribution < 1.29 is 9.84 Å². The molecule has 0 bridgehead atoms. The van der Waals surface area contributed by atoms with Crippen LogP contribution in [0.5, 0.6) is 0 Å². The average Bonchev–Trinajstić information content (AvgIpc) is 2.36. The maximum atomic E-state index is 9.85. The second-order valence-electron chi connectivity index (χ2n) is 5.30. The average molecular weight is 345 g/mol. The fraction of sp³-hybridized carbons (Fsp3) is 0.600. The second kappa shape index (κ2) is 8.62. The Labute approximate surface area is 130 Å². The monoisotopic (exact) mass is 344 g/mol. The first-order valence-electron chi connectivity index (χ1n) is 6.84. The number of nitrogens with one attached hydrogen (secondary N) is 1. The summed E-state index contributed by atoms with van der Waals surface area (Å²) in [6, 6.07) is 6.64. The first-order valence-corrected chi connectivity index (χ1v) is 7.63. The zero-order chi connectivity index (χ0) is 15.1. The third kappa shape index (κ3) is 5.79. The number of benzene rings is 1. The molecule has 1 unspecified atom stereocenters. The molecule has 0 radical (unpaired) electrons. The lowest BCUT2D eigenvalue weighted by molar-refractivity contribution is 0.0695. The molecule has 1 aromatic carbocycles. The number of likely N-dealkylation sites (N-methyl/N-ethyl adjacent to an activating group) is 1. The lowest BCUT2D eigenvalue weighted by atomic mass is 10.1. The van der Waals surface area contributed by atoms with Crippen molar-refractivity contribution in [1.82, 2.24) is 5.32 Å². The minimum Gasteiger partial charge on any atom is -0.389 e. The zero-order valence-corrected chi connectivity index (χ0v) is 14.3. The summed E-state index contributed by atoms with van der Waals surface area (Å²) in [6.07, 6.45) is -0.487. The molecule has 0 spiro atoms. The molecular weight excluding hydrogens is 320 g/mol. The van der Waals surface area contributed by atoms with E-state index >= 15 is 0 Å². The van der Waals surface area contributed by atoms with Crippen LogP contribution in [0.15, 0.2) is 22.7 Å². The molecule has 2 N–H and O–H groups in total. The summed E-state index contributed by atoms with van der Waals surface area (Å²) < 4.78 is 6.03. The van der Waals surface area contributed by atoms with Crippen LogP contribution in [0, 0.1) is 0 Å². The molecule has 0 saturated heterocycles. The number of aliphatic hydroxyl groups is 1. The molecule has 1 atom stereocenters. The van der Waals surface area contributed by atoms with Gasteiger partial charge in [0.25, 0.3) is 0 Å². The van der Waals surface area contributed by atoms with Gasteiger partial charge in [-0.3, -0.25) is 0 Å². The highest BCUT2D eigenvalue weighted by Gasteiger charge is 2.12. The van der Waals surface area contributed by atoms with Crippen LogP contribution in [0.2, 0.25) is 0 Å². The standard InChI is InChI=1S/C15H25BrN2O2/c1-11(2)17-8-12-7-13(16)5-6-15(12)18(3)9-14(19)10-20-4/h5-7,11,14,17,19H,8-10H2,1-4H3. The molecule has 0 aromatic heterocycles. The predicted molar refractivity (Wildman–Crippen MR) is 87.3 cm³/mol. The summed E-state index contributed by atoms with van der Waals surface area (Å²) in [5.74, 6) is 0. The van der Waals surface area contributed by atoms with E-state index < -0.39 is 6.10 Å². The van der Waals surface area contributed by atoms with Gasteiger partial charge >= 0.3 is 0 Å². The smallest absolute Gasteiger partial charge is 0.0947 e. The number of nitrogens with zero attached hydrogens (tertiary/aromatic N) is 1. The minimum absolute atomic E-state index is 0.348. The molecule has 0 aliphatic rings. The summed E-state index contributed by atoms with van der Waals surface area (Å²) in [6.45, 7) is 5.95. The van der Waals surface area contributed by atoms with Crippen LogP contribution >= 0.6 is 15.9 Å². The number of methoxy groups -OCH3 is 1. The third-order valence-electron chi connectivity index (χ3n) is 3.00. The summed E-state index contributed by atoms with van der Waals surface area (Å²) in [5, 5.41) is 13.3. The van der Waals surface area contributed by atoms with Gasteiger partial charge in [0.05, 0.1) is 12.7 Å². The van der Waals surface area contributed by atoms with E-state index in [0.717, 1.165) is 16.7 Å². The van der Waals surface area contributed by atoms with Gasteiger partial charge < -0.3 is 20.1 Å². The zero-order valence-electron chi connectivity index (χ0n) is 12.7. The number of ether oxygens (including phenoxy) is 1. The first-order chi connectivity index (χ1) is 9.43. The number of hydrogen-bond donors (Lipinski definition) is 2. The Balaban J connectivity index is 2.81. The lowest BCUT2D eigenvalue weighted by Gasteiger charge is -2.25. The van der Waals surface area contributed by atoms with E-state index in [1.54, 1.807) is 7.11 Å². The maximum absolute atomic E-state index is 9.85. The molecule has 0 aliphatic heterocycles. The molecule has 5 heteroatoms. The highest BCUT2D eigenvalue weighted by atomic mass is 79.9. The topological polar surface area (TPSA) is 44.7 Å². The van der Waals surface area contributed by atoms with E-state index in [2.05, 4.69) is 52.1 Å². The van der Waals surface area contributed by atoms with Gasteiger partial charge in [-0.25, -0.2) is 0 Å². The summed E-state index contributed by atoms with van der Waals surface area (Å²) in [7, 11) is 3.59. The Kier molecular flexibility index (Phi) is 7.51. The van der Waals surface area contributed by atoms with Crippen molar-refractivity contribution >= 4 is 21.6 Å². The van der Waals surface area contributed by atoms with Gasteiger partial charge in [0, 0.05) is 43.4 Å². The third-order valence-corrected chi connectivity index (χ3v) is 3.49. The van der Waals surface area contributed by atoms with Crippen LogP contribution in [-0.2, 0) is 11.3 Å². The van der Waals surface area contributed by atoms with Crippen molar-refractivity contribution in [3.8, 4) is 0 Å². The molecule has 1 aromatic rings. The Morgan fingerprint density at radius 3 is 2.70 bits per heavy atom. The van der Waals surface area contributed by atoms with Crippen LogP contribution < -0.4 is 10.2 Å². The molecule has 20 heavy (non-hydrogen) atoms. The minimum atomic E-state index is -0.487. The van der Waals surface area contributed by atoms with Crippen LogP contribution in [0.1, 0.15) is 19.4 Å². The van der Waals surface area contributed by atoms with Crippen molar-refractivity contribution in [2.24, 2.45) is 0 Å². The number of anilines is 1. The highest BCUT2D eigenvalue weighted by Crippen LogP contribution is 2.24. The van der Waals surface area contributed by atoms with E-state index in [1.165, 1.54) is 5.56 Å². The highest BCUT2D eigenvalue weighted by molar-refractivity contribution is 9.10. The van der Waals surface area contributed by atoms with Crippen LogP contribution in [0.25, 0.3) is 0 Å². The van der Waals surface area contributed by atoms with Gasteiger partial charge in [-0.15, -0.1) is 0 Å². The first kappa shape index (κ1) is 17.4. The summed E-state index contributed by atoms with van der Waals surface area (Å²) in [4.78, 5) is 2.06. The quantitative estimate of drug-likeness (QED) is 0.759. The van der Waals surface area contributed by atoms with Gasteiger partial charge in [0.1, 0.15) is 0 Å². The fourth-order valence-electron chi connectivity index (χ4n) is 2.04. The van der Waals surface area contributed by atoms with E-state index in [9.17, 15) is 5.11 Å². The number of rotatable bonds is 8. The van der Waals surface area contributed by atoms with Crippen molar-refractivity contribution in [3.05, 3.63) is 28.2 Å². The molecule has 1 rings (SSSR count). The van der Waals surface area contributed by atoms with Gasteiger partial charge in [0.2, 0.25) is 0 Å². The van der Waals surface area contributed by atoms with E-state index in [1.807, 2.05) is 13.1 Å². The van der Waals surface area contributed by atoms with Crippen LogP contribution in [0.3, 0.4) is 0 Å². The summed E-state index contributed by atoms with van der Waals surface area (Å²) >= 11 is 3.51. The van der Waals surface area contributed by atoms with E-state index in [0.29, 0.717) is 19.2 Å². The van der Waals surface area contributed by atoms with Gasteiger partial charge in [-0.1, -0.05) is 29.8 Å². The van der Waals surface area contributed by atoms with Gasteiger partial charge in [-0.05, 0) is 23.8 Å². The Bertz CT molecular complexity index is 413. The van der Waals surface area contributed by atoms with Crippen LogP contribution in [-0.4, -0.2) is 44.6 Å². The molecule has 0 fully saturated rings. The largest absolute Gasteiger partial charge is 0.389 e. The lowest BCUT2D eigenvalue weighted by Crippen LogP contribution is -2.33. The molecular formula is C15H25BrN2O2. The normalized spacial score (nSPS) is 12.8. The number of halogens is 1. The Hall–Kier alpha value is -0.620. The molecule has 114 valence electrons. The SMILES string of the molecule is COCC(O)CN(C)c1ccc(Br)cc1CNC(C)C. The molecule has 4 nitrogen and oxygen atoms in total. The number of hydrogen-bond acceptors (Lipinski definition) is 4. The molecule has 0 amide bonds. The Morgan fingerprint density at radius 1 is 1.40 bits per heavy atom. The fourth-order valence-corrected chi connectivity index (χ4v) is 2.45. The predicted octanol–water partition coefficient (Wildman–Crippen LogP) is 2.39. The molecule has 0 heterocycles. The summed E-state index contributed by atoms with van der Waals surface area (Å²) in [5.41, 5.74) is 2.33. The van der Waals surface area contributed by atoms with Gasteiger partial charge in [0.15, 0.2) is 0 Å². The van der Waals surface area contributed by atoms with Crippen molar-refractivity contribution in [1.29, 1.82) is 0 Å². The molecule has 0 aliphatic carbocycles. The number of aliphatic hydroxyl groups excluding tert-OH is 1. The van der Waals surface area contributed by atoms with E-state index in [4.69, 9.17) is 4.74 Å². The van der Waals surface area contributed by atoms with Crippen molar-refractivity contribution in [2.45, 2.75) is 32.5 Å². The Morgan fingerprint density at radius 2 is 2.10 bits per heavy atom. The van der Waals surface area contributed by atoms with Crippen molar-refractivity contribution in [3.63, 3.8) is 0 Å².